The molecule has 118 valence electrons. The van der Waals surface area contributed by atoms with Crippen LogP contribution in [0.5, 0.6) is 0 Å². The van der Waals surface area contributed by atoms with Crippen LogP contribution in [0.4, 0.5) is 0 Å². The molecule has 0 N–H and O–H groups in total. The van der Waals surface area contributed by atoms with Crippen LogP contribution in [-0.4, -0.2) is 47.0 Å². The molecule has 2 heterocycles. The Bertz CT molecular complexity index is 722. The van der Waals surface area contributed by atoms with Crippen LogP contribution in [0.1, 0.15) is 27.4 Å². The van der Waals surface area contributed by atoms with Crippen molar-refractivity contribution in [1.82, 2.24) is 15.0 Å². The Morgan fingerprint density at radius 1 is 1.26 bits per heavy atom. The molecule has 1 aromatic carbocycles. The second-order valence-corrected chi connectivity index (χ2v) is 5.69. The second kappa shape index (κ2) is 6.63. The van der Waals surface area contributed by atoms with E-state index >= 15 is 0 Å². The van der Waals surface area contributed by atoms with Gasteiger partial charge in [0.15, 0.2) is 5.76 Å². The van der Waals surface area contributed by atoms with E-state index in [2.05, 4.69) is 16.1 Å². The van der Waals surface area contributed by atoms with Gasteiger partial charge in [-0.1, -0.05) is 5.16 Å². The zero-order valence-corrected chi connectivity index (χ0v) is 13.0. The van der Waals surface area contributed by atoms with Crippen LogP contribution in [0.25, 0.3) is 0 Å². The van der Waals surface area contributed by atoms with Gasteiger partial charge in [-0.3, -0.25) is 9.69 Å². The quantitative estimate of drug-likeness (QED) is 0.864. The lowest BCUT2D eigenvalue weighted by molar-refractivity contribution is 0.0617. The van der Waals surface area contributed by atoms with Crippen molar-refractivity contribution < 1.29 is 9.32 Å². The van der Waals surface area contributed by atoms with Crippen molar-refractivity contribution in [3.8, 4) is 6.07 Å². The second-order valence-electron chi connectivity index (χ2n) is 5.69. The lowest BCUT2D eigenvalue weighted by atomic mass is 10.1. The number of hydrogen-bond acceptors (Lipinski definition) is 5. The molecule has 1 aliphatic rings. The van der Waals surface area contributed by atoms with Crippen LogP contribution in [0.3, 0.4) is 0 Å². The van der Waals surface area contributed by atoms with E-state index in [4.69, 9.17) is 9.78 Å². The summed E-state index contributed by atoms with van der Waals surface area (Å²) in [7, 11) is 0. The van der Waals surface area contributed by atoms with E-state index in [1.807, 2.05) is 17.9 Å². The van der Waals surface area contributed by atoms with E-state index < -0.39 is 0 Å². The number of carbonyl (C=O) groups is 1. The van der Waals surface area contributed by atoms with Gasteiger partial charge in [-0.2, -0.15) is 5.26 Å². The summed E-state index contributed by atoms with van der Waals surface area (Å²) in [6.45, 7) is 5.61. The van der Waals surface area contributed by atoms with Gasteiger partial charge in [0, 0.05) is 37.8 Å². The standard InChI is InChI=1S/C17H18N4O2/c1-13-10-16(23-19-13)12-20-6-8-21(9-7-20)17(22)15-4-2-14(11-18)3-5-15/h2-5,10H,6-9,12H2,1H3. The van der Waals surface area contributed by atoms with E-state index in [1.54, 1.807) is 24.3 Å². The summed E-state index contributed by atoms with van der Waals surface area (Å²) in [6.07, 6.45) is 0. The Kier molecular flexibility index (Phi) is 4.40. The fourth-order valence-electron chi connectivity index (χ4n) is 2.69. The minimum atomic E-state index is 0.0182. The molecule has 0 bridgehead atoms. The first-order chi connectivity index (χ1) is 11.2. The lowest BCUT2D eigenvalue weighted by Gasteiger charge is -2.34. The number of aryl methyl sites for hydroxylation is 1. The number of piperazine rings is 1. The molecule has 2 aromatic rings. The van der Waals surface area contributed by atoms with Crippen LogP contribution in [-0.2, 0) is 6.54 Å². The van der Waals surface area contributed by atoms with Gasteiger partial charge in [0.1, 0.15) is 0 Å². The number of benzene rings is 1. The number of nitriles is 1. The van der Waals surface area contributed by atoms with Gasteiger partial charge >= 0.3 is 0 Å². The third-order valence-electron chi connectivity index (χ3n) is 3.98. The normalized spacial score (nSPS) is 15.4. The summed E-state index contributed by atoms with van der Waals surface area (Å²) < 4.78 is 5.23. The van der Waals surface area contributed by atoms with Gasteiger partial charge in [0.25, 0.3) is 5.91 Å². The molecular formula is C17H18N4O2. The zero-order chi connectivity index (χ0) is 16.2. The highest BCUT2D eigenvalue weighted by molar-refractivity contribution is 5.94. The van der Waals surface area contributed by atoms with Gasteiger partial charge in [0.2, 0.25) is 0 Å². The van der Waals surface area contributed by atoms with E-state index in [0.717, 1.165) is 31.1 Å². The third kappa shape index (κ3) is 3.58. The first-order valence-corrected chi connectivity index (χ1v) is 7.60. The summed E-state index contributed by atoms with van der Waals surface area (Å²) in [5.74, 6) is 0.874. The summed E-state index contributed by atoms with van der Waals surface area (Å²) in [4.78, 5) is 16.6. The molecule has 3 rings (SSSR count). The molecule has 1 saturated heterocycles. The topological polar surface area (TPSA) is 73.4 Å². The summed E-state index contributed by atoms with van der Waals surface area (Å²) in [5.41, 5.74) is 2.08. The summed E-state index contributed by atoms with van der Waals surface area (Å²) in [6, 6.07) is 10.8. The SMILES string of the molecule is Cc1cc(CN2CCN(C(=O)c3ccc(C#N)cc3)CC2)on1. The molecule has 0 unspecified atom stereocenters. The van der Waals surface area contributed by atoms with Crippen LogP contribution >= 0.6 is 0 Å². The van der Waals surface area contributed by atoms with Crippen LogP contribution in [0, 0.1) is 18.3 Å². The fourth-order valence-corrected chi connectivity index (χ4v) is 2.69. The van der Waals surface area contributed by atoms with Crippen LogP contribution < -0.4 is 0 Å². The molecule has 0 spiro atoms. The van der Waals surface area contributed by atoms with E-state index in [-0.39, 0.29) is 5.91 Å². The Morgan fingerprint density at radius 3 is 2.52 bits per heavy atom. The zero-order valence-electron chi connectivity index (χ0n) is 13.0. The predicted molar refractivity (Wildman–Crippen MR) is 83.6 cm³/mol. The van der Waals surface area contributed by atoms with Gasteiger partial charge in [-0.25, -0.2) is 0 Å². The molecule has 6 heteroatoms. The molecule has 1 fully saturated rings. The number of aromatic nitrogens is 1. The van der Waals surface area contributed by atoms with Gasteiger partial charge in [0.05, 0.1) is 23.9 Å². The van der Waals surface area contributed by atoms with Crippen molar-refractivity contribution in [2.75, 3.05) is 26.2 Å². The molecule has 0 atom stereocenters. The summed E-state index contributed by atoms with van der Waals surface area (Å²) in [5, 5.41) is 12.7. The molecule has 1 aliphatic heterocycles. The summed E-state index contributed by atoms with van der Waals surface area (Å²) >= 11 is 0. The van der Waals surface area contributed by atoms with Crippen LogP contribution in [0.2, 0.25) is 0 Å². The van der Waals surface area contributed by atoms with Crippen molar-refractivity contribution in [3.63, 3.8) is 0 Å². The Morgan fingerprint density at radius 2 is 1.96 bits per heavy atom. The highest BCUT2D eigenvalue weighted by Gasteiger charge is 2.22. The smallest absolute Gasteiger partial charge is 0.253 e. The minimum absolute atomic E-state index is 0.0182. The highest BCUT2D eigenvalue weighted by Crippen LogP contribution is 2.13. The van der Waals surface area contributed by atoms with Crippen molar-refractivity contribution >= 4 is 5.91 Å². The fraction of sp³-hybridized carbons (Fsp3) is 0.353. The maximum Gasteiger partial charge on any atom is 0.253 e. The minimum Gasteiger partial charge on any atom is -0.360 e. The van der Waals surface area contributed by atoms with E-state index in [0.29, 0.717) is 24.2 Å². The number of rotatable bonds is 3. The Hall–Kier alpha value is -2.65. The molecule has 0 radical (unpaired) electrons. The van der Waals surface area contributed by atoms with Gasteiger partial charge in [-0.05, 0) is 31.2 Å². The molecule has 6 nitrogen and oxygen atoms in total. The monoisotopic (exact) mass is 310 g/mol. The maximum atomic E-state index is 12.5. The maximum absolute atomic E-state index is 12.5. The van der Waals surface area contributed by atoms with Crippen molar-refractivity contribution in [3.05, 3.63) is 52.9 Å². The number of nitrogens with zero attached hydrogens (tertiary/aromatic N) is 4. The van der Waals surface area contributed by atoms with E-state index in [1.165, 1.54) is 0 Å². The Labute approximate surface area is 134 Å². The van der Waals surface area contributed by atoms with E-state index in [9.17, 15) is 4.79 Å². The lowest BCUT2D eigenvalue weighted by Crippen LogP contribution is -2.48. The van der Waals surface area contributed by atoms with Crippen molar-refractivity contribution in [1.29, 1.82) is 5.26 Å². The predicted octanol–water partition coefficient (Wildman–Crippen LogP) is 1.81. The first kappa shape index (κ1) is 15.3. The Balaban J connectivity index is 1.55. The molecule has 1 amide bonds. The number of hydrogen-bond donors (Lipinski definition) is 0. The van der Waals surface area contributed by atoms with Crippen molar-refractivity contribution in [2.24, 2.45) is 0 Å². The number of carbonyl (C=O) groups excluding carboxylic acids is 1. The first-order valence-electron chi connectivity index (χ1n) is 7.60. The highest BCUT2D eigenvalue weighted by atomic mass is 16.5. The average molecular weight is 310 g/mol. The molecular weight excluding hydrogens is 292 g/mol. The molecule has 0 saturated carbocycles. The third-order valence-corrected chi connectivity index (χ3v) is 3.98. The van der Waals surface area contributed by atoms with Gasteiger partial charge < -0.3 is 9.42 Å². The molecule has 23 heavy (non-hydrogen) atoms. The molecule has 0 aliphatic carbocycles. The van der Waals surface area contributed by atoms with Gasteiger partial charge in [-0.15, -0.1) is 0 Å². The van der Waals surface area contributed by atoms with Crippen LogP contribution in [0.15, 0.2) is 34.9 Å². The largest absolute Gasteiger partial charge is 0.360 e. The van der Waals surface area contributed by atoms with Crippen molar-refractivity contribution in [2.45, 2.75) is 13.5 Å². The molecule has 1 aromatic heterocycles. The number of amides is 1. The average Bonchev–Trinajstić information content (AvgIpc) is 3.00.